The van der Waals surface area contributed by atoms with Gasteiger partial charge in [-0.15, -0.1) is 0 Å². The number of ether oxygens (including phenoxy) is 1. The second kappa shape index (κ2) is 4.97. The van der Waals surface area contributed by atoms with Crippen LogP contribution >= 0.6 is 0 Å². The molecular weight excluding hydrogens is 264 g/mol. The SMILES string of the molecule is O=C1COc2cc([N+](=O)[O-])c(NC3CCNC3)cc2N1. The van der Waals surface area contributed by atoms with E-state index in [2.05, 4.69) is 16.0 Å². The van der Waals surface area contributed by atoms with E-state index >= 15 is 0 Å². The number of carbonyl (C=O) groups excluding carboxylic acids is 1. The third-order valence-electron chi connectivity index (χ3n) is 3.35. The molecule has 0 radical (unpaired) electrons. The number of benzene rings is 1. The van der Waals surface area contributed by atoms with Crippen LogP contribution in [0.15, 0.2) is 12.1 Å². The van der Waals surface area contributed by atoms with Gasteiger partial charge in [0, 0.05) is 12.6 Å². The number of rotatable bonds is 3. The van der Waals surface area contributed by atoms with Gasteiger partial charge in [0.2, 0.25) is 0 Å². The Hall–Kier alpha value is -2.35. The standard InChI is InChI=1S/C12H14N4O4/c17-12-6-20-11-4-10(16(18)19)8(3-9(11)15-12)14-7-1-2-13-5-7/h3-4,7,13-14H,1-2,5-6H2,(H,15,17). The Bertz CT molecular complexity index is 569. The molecule has 1 aromatic rings. The molecule has 8 heteroatoms. The van der Waals surface area contributed by atoms with E-state index in [1.165, 1.54) is 6.07 Å². The van der Waals surface area contributed by atoms with Gasteiger partial charge in [-0.05, 0) is 19.0 Å². The Morgan fingerprint density at radius 3 is 3.00 bits per heavy atom. The lowest BCUT2D eigenvalue weighted by molar-refractivity contribution is -0.384. The summed E-state index contributed by atoms with van der Waals surface area (Å²) in [6.45, 7) is 1.52. The summed E-state index contributed by atoms with van der Waals surface area (Å²) in [5.41, 5.74) is 0.806. The predicted octanol–water partition coefficient (Wildman–Crippen LogP) is 0.699. The van der Waals surface area contributed by atoms with E-state index < -0.39 is 4.92 Å². The van der Waals surface area contributed by atoms with Gasteiger partial charge in [0.15, 0.2) is 12.4 Å². The van der Waals surface area contributed by atoms with Crippen LogP contribution < -0.4 is 20.7 Å². The fourth-order valence-corrected chi connectivity index (χ4v) is 2.38. The van der Waals surface area contributed by atoms with Gasteiger partial charge < -0.3 is 20.7 Å². The minimum Gasteiger partial charge on any atom is -0.481 e. The van der Waals surface area contributed by atoms with Crippen LogP contribution in [0, 0.1) is 10.1 Å². The van der Waals surface area contributed by atoms with Crippen molar-refractivity contribution in [2.45, 2.75) is 12.5 Å². The summed E-state index contributed by atoms with van der Waals surface area (Å²) in [6, 6.07) is 3.05. The molecule has 3 N–H and O–H groups in total. The third kappa shape index (κ3) is 2.37. The first-order valence-corrected chi connectivity index (χ1v) is 6.36. The van der Waals surface area contributed by atoms with Gasteiger partial charge in [0.1, 0.15) is 5.69 Å². The highest BCUT2D eigenvalue weighted by molar-refractivity contribution is 5.96. The largest absolute Gasteiger partial charge is 0.481 e. The van der Waals surface area contributed by atoms with Gasteiger partial charge in [-0.25, -0.2) is 0 Å². The van der Waals surface area contributed by atoms with E-state index in [1.807, 2.05) is 0 Å². The Kier molecular flexibility index (Phi) is 3.15. The van der Waals surface area contributed by atoms with E-state index in [-0.39, 0.29) is 24.2 Å². The van der Waals surface area contributed by atoms with Crippen LogP contribution in [-0.2, 0) is 4.79 Å². The second-order valence-corrected chi connectivity index (χ2v) is 4.79. The molecule has 1 fully saturated rings. The monoisotopic (exact) mass is 278 g/mol. The normalized spacial score (nSPS) is 20.8. The Balaban J connectivity index is 1.95. The zero-order valence-electron chi connectivity index (χ0n) is 10.6. The molecule has 0 aromatic heterocycles. The number of nitrogens with zero attached hydrogens (tertiary/aromatic N) is 1. The highest BCUT2D eigenvalue weighted by Crippen LogP contribution is 2.38. The molecule has 20 heavy (non-hydrogen) atoms. The molecule has 1 atom stereocenters. The first kappa shape index (κ1) is 12.7. The van der Waals surface area contributed by atoms with Crippen molar-refractivity contribution >= 4 is 23.0 Å². The molecule has 1 unspecified atom stereocenters. The topological polar surface area (TPSA) is 106 Å². The van der Waals surface area contributed by atoms with Crippen molar-refractivity contribution in [1.29, 1.82) is 0 Å². The smallest absolute Gasteiger partial charge is 0.296 e. The molecule has 1 saturated heterocycles. The fourth-order valence-electron chi connectivity index (χ4n) is 2.38. The number of anilines is 2. The lowest BCUT2D eigenvalue weighted by Crippen LogP contribution is -2.26. The maximum Gasteiger partial charge on any atom is 0.296 e. The van der Waals surface area contributed by atoms with Crippen molar-refractivity contribution in [1.82, 2.24) is 5.32 Å². The van der Waals surface area contributed by atoms with Crippen molar-refractivity contribution in [3.05, 3.63) is 22.2 Å². The highest BCUT2D eigenvalue weighted by Gasteiger charge is 2.25. The summed E-state index contributed by atoms with van der Waals surface area (Å²) in [4.78, 5) is 22.0. The van der Waals surface area contributed by atoms with Crippen LogP contribution in [-0.4, -0.2) is 36.6 Å². The number of carbonyl (C=O) groups is 1. The quantitative estimate of drug-likeness (QED) is 0.555. The van der Waals surface area contributed by atoms with Crippen molar-refractivity contribution in [2.75, 3.05) is 30.3 Å². The van der Waals surface area contributed by atoms with Crippen molar-refractivity contribution < 1.29 is 14.5 Å². The first-order chi connectivity index (χ1) is 9.63. The average Bonchev–Trinajstić information content (AvgIpc) is 2.90. The highest BCUT2D eigenvalue weighted by atomic mass is 16.6. The van der Waals surface area contributed by atoms with Gasteiger partial charge in [-0.2, -0.15) is 0 Å². The number of amides is 1. The van der Waals surface area contributed by atoms with Crippen LogP contribution in [0.2, 0.25) is 0 Å². The third-order valence-corrected chi connectivity index (χ3v) is 3.35. The lowest BCUT2D eigenvalue weighted by Gasteiger charge is -2.20. The van der Waals surface area contributed by atoms with Crippen molar-refractivity contribution in [2.24, 2.45) is 0 Å². The molecule has 106 valence electrons. The molecule has 1 amide bonds. The van der Waals surface area contributed by atoms with Crippen LogP contribution in [0.4, 0.5) is 17.1 Å². The van der Waals surface area contributed by atoms with E-state index in [9.17, 15) is 14.9 Å². The second-order valence-electron chi connectivity index (χ2n) is 4.79. The maximum absolute atomic E-state index is 11.3. The zero-order chi connectivity index (χ0) is 14.1. The van der Waals surface area contributed by atoms with Gasteiger partial charge in [0.05, 0.1) is 16.7 Å². The summed E-state index contributed by atoms with van der Waals surface area (Å²) in [7, 11) is 0. The minimum atomic E-state index is -0.454. The van der Waals surface area contributed by atoms with Gasteiger partial charge in [-0.1, -0.05) is 0 Å². The summed E-state index contributed by atoms with van der Waals surface area (Å²) >= 11 is 0. The molecule has 0 saturated carbocycles. The molecule has 1 aromatic carbocycles. The predicted molar refractivity (Wildman–Crippen MR) is 72.1 cm³/mol. The zero-order valence-corrected chi connectivity index (χ0v) is 10.6. The maximum atomic E-state index is 11.3. The molecule has 0 aliphatic carbocycles. The lowest BCUT2D eigenvalue weighted by atomic mass is 10.1. The van der Waals surface area contributed by atoms with Crippen LogP contribution in [0.5, 0.6) is 5.75 Å². The fraction of sp³-hybridized carbons (Fsp3) is 0.417. The molecule has 8 nitrogen and oxygen atoms in total. The number of hydrogen-bond donors (Lipinski definition) is 3. The summed E-state index contributed by atoms with van der Waals surface area (Å²) in [5, 5.41) is 20.1. The summed E-state index contributed by atoms with van der Waals surface area (Å²) in [6.07, 6.45) is 0.900. The van der Waals surface area contributed by atoms with Gasteiger partial charge in [-0.3, -0.25) is 14.9 Å². The van der Waals surface area contributed by atoms with Gasteiger partial charge >= 0.3 is 0 Å². The Labute approximate surface area is 114 Å². The minimum absolute atomic E-state index is 0.0493. The van der Waals surface area contributed by atoms with E-state index in [4.69, 9.17) is 4.74 Å². The Morgan fingerprint density at radius 2 is 2.30 bits per heavy atom. The number of nitro groups is 1. The van der Waals surface area contributed by atoms with Crippen LogP contribution in [0.1, 0.15) is 6.42 Å². The molecule has 0 spiro atoms. The molecule has 2 aliphatic rings. The molecule has 3 rings (SSSR count). The number of nitrogens with one attached hydrogen (secondary N) is 3. The van der Waals surface area contributed by atoms with E-state index in [1.54, 1.807) is 6.07 Å². The first-order valence-electron chi connectivity index (χ1n) is 6.36. The van der Waals surface area contributed by atoms with Gasteiger partial charge in [0.25, 0.3) is 11.6 Å². The van der Waals surface area contributed by atoms with Crippen LogP contribution in [0.25, 0.3) is 0 Å². The average molecular weight is 278 g/mol. The number of hydrogen-bond acceptors (Lipinski definition) is 6. The molecular formula is C12H14N4O4. The van der Waals surface area contributed by atoms with E-state index in [0.29, 0.717) is 17.1 Å². The van der Waals surface area contributed by atoms with Crippen molar-refractivity contribution in [3.8, 4) is 5.75 Å². The molecule has 2 heterocycles. The number of nitro benzene ring substituents is 1. The number of fused-ring (bicyclic) bond motifs is 1. The Morgan fingerprint density at radius 1 is 1.45 bits per heavy atom. The molecule has 2 aliphatic heterocycles. The molecule has 0 bridgehead atoms. The summed E-state index contributed by atoms with van der Waals surface area (Å²) < 4.78 is 5.19. The summed E-state index contributed by atoms with van der Waals surface area (Å²) in [5.74, 6) is 0.0613. The van der Waals surface area contributed by atoms with Crippen molar-refractivity contribution in [3.63, 3.8) is 0 Å². The van der Waals surface area contributed by atoms with E-state index in [0.717, 1.165) is 19.5 Å². The van der Waals surface area contributed by atoms with Crippen LogP contribution in [0.3, 0.4) is 0 Å².